The third kappa shape index (κ3) is 4.15. The molecule has 0 aliphatic heterocycles. The second-order valence-corrected chi connectivity index (χ2v) is 8.20. The van der Waals surface area contributed by atoms with E-state index in [0.717, 1.165) is 27.6 Å². The first-order valence-corrected chi connectivity index (χ1v) is 10.2. The number of rotatable bonds is 6. The summed E-state index contributed by atoms with van der Waals surface area (Å²) in [6, 6.07) is 15.4. The van der Waals surface area contributed by atoms with Gasteiger partial charge >= 0.3 is 0 Å². The first kappa shape index (κ1) is 17.6. The van der Waals surface area contributed by atoms with Crippen LogP contribution in [-0.4, -0.2) is 22.6 Å². The first-order chi connectivity index (χ1) is 13.2. The summed E-state index contributed by atoms with van der Waals surface area (Å²) in [4.78, 5) is 19.1. The minimum atomic E-state index is -0.229. The molecule has 0 fully saturated rings. The summed E-state index contributed by atoms with van der Waals surface area (Å²) in [6.07, 6.45) is 0.767. The zero-order chi connectivity index (χ0) is 18.6. The lowest BCUT2D eigenvalue weighted by Crippen LogP contribution is -2.25. The van der Waals surface area contributed by atoms with Crippen molar-refractivity contribution in [3.05, 3.63) is 69.5 Å². The summed E-state index contributed by atoms with van der Waals surface area (Å²) in [5.74, 6) is 0.357. The van der Waals surface area contributed by atoms with E-state index in [1.807, 2.05) is 37.3 Å². The Balaban J connectivity index is 1.32. The molecule has 4 rings (SSSR count). The topological polar surface area (TPSA) is 68.0 Å². The second-order valence-electron chi connectivity index (χ2n) is 5.97. The van der Waals surface area contributed by atoms with E-state index in [9.17, 15) is 4.79 Å². The zero-order valence-electron chi connectivity index (χ0n) is 14.6. The lowest BCUT2D eigenvalue weighted by molar-refractivity contribution is 0.0945. The monoisotopic (exact) mass is 395 g/mol. The van der Waals surface area contributed by atoms with Gasteiger partial charge in [0.1, 0.15) is 0 Å². The third-order valence-electron chi connectivity index (χ3n) is 3.99. The van der Waals surface area contributed by atoms with Crippen LogP contribution in [0.3, 0.4) is 0 Å². The molecule has 1 amide bonds. The summed E-state index contributed by atoms with van der Waals surface area (Å²) in [7, 11) is 0. The van der Waals surface area contributed by atoms with E-state index in [1.54, 1.807) is 28.7 Å². The second kappa shape index (κ2) is 7.85. The SMILES string of the molecule is Cc1nc(-c2ccc(CCNC(=O)c3cc(-c4ccccc4)on3)s2)cs1. The molecule has 5 nitrogen and oxygen atoms in total. The fraction of sp³-hybridized carbons (Fsp3) is 0.150. The lowest BCUT2D eigenvalue weighted by atomic mass is 10.1. The molecule has 136 valence electrons. The van der Waals surface area contributed by atoms with Crippen LogP contribution in [0.2, 0.25) is 0 Å². The van der Waals surface area contributed by atoms with Crippen LogP contribution in [0.25, 0.3) is 21.9 Å². The number of carbonyl (C=O) groups excluding carboxylic acids is 1. The van der Waals surface area contributed by atoms with Gasteiger partial charge in [-0.15, -0.1) is 22.7 Å². The first-order valence-electron chi connectivity index (χ1n) is 8.50. The Bertz CT molecular complexity index is 1050. The van der Waals surface area contributed by atoms with E-state index in [-0.39, 0.29) is 5.91 Å². The molecule has 3 heterocycles. The molecule has 0 bridgehead atoms. The average molecular weight is 396 g/mol. The number of benzene rings is 1. The molecular weight excluding hydrogens is 378 g/mol. The van der Waals surface area contributed by atoms with Crippen LogP contribution < -0.4 is 5.32 Å². The highest BCUT2D eigenvalue weighted by Gasteiger charge is 2.13. The van der Waals surface area contributed by atoms with Crippen molar-refractivity contribution in [1.29, 1.82) is 0 Å². The van der Waals surface area contributed by atoms with Crippen molar-refractivity contribution in [3.63, 3.8) is 0 Å². The number of carbonyl (C=O) groups is 1. The Kier molecular flexibility index (Phi) is 5.13. The summed E-state index contributed by atoms with van der Waals surface area (Å²) in [5, 5.41) is 9.91. The third-order valence-corrected chi connectivity index (χ3v) is 5.93. The maximum atomic E-state index is 12.3. The van der Waals surface area contributed by atoms with E-state index in [0.29, 0.717) is 18.0 Å². The Labute approximate surface area is 164 Å². The van der Waals surface area contributed by atoms with Crippen molar-refractivity contribution in [1.82, 2.24) is 15.5 Å². The molecule has 0 radical (unpaired) electrons. The molecule has 0 saturated carbocycles. The summed E-state index contributed by atoms with van der Waals surface area (Å²) < 4.78 is 5.28. The van der Waals surface area contributed by atoms with Crippen LogP contribution in [0.15, 0.2) is 58.4 Å². The van der Waals surface area contributed by atoms with E-state index < -0.39 is 0 Å². The fourth-order valence-electron chi connectivity index (χ4n) is 2.64. The maximum absolute atomic E-state index is 12.3. The standard InChI is InChI=1S/C20H17N3O2S2/c1-13-22-17(12-26-13)19-8-7-15(27-19)9-10-21-20(24)16-11-18(25-23-16)14-5-3-2-4-6-14/h2-8,11-12H,9-10H2,1H3,(H,21,24). The van der Waals surface area contributed by atoms with Gasteiger partial charge in [-0.1, -0.05) is 35.5 Å². The van der Waals surface area contributed by atoms with E-state index in [2.05, 4.69) is 33.0 Å². The molecule has 27 heavy (non-hydrogen) atoms. The molecule has 0 saturated heterocycles. The minimum Gasteiger partial charge on any atom is -0.355 e. The van der Waals surface area contributed by atoms with E-state index >= 15 is 0 Å². The number of hydrogen-bond donors (Lipinski definition) is 1. The van der Waals surface area contributed by atoms with Crippen molar-refractivity contribution < 1.29 is 9.32 Å². The highest BCUT2D eigenvalue weighted by molar-refractivity contribution is 7.16. The Morgan fingerprint density at radius 3 is 2.81 bits per heavy atom. The molecule has 3 aromatic heterocycles. The molecule has 0 spiro atoms. The number of aromatic nitrogens is 2. The van der Waals surface area contributed by atoms with Crippen molar-refractivity contribution in [2.24, 2.45) is 0 Å². The molecule has 1 N–H and O–H groups in total. The van der Waals surface area contributed by atoms with E-state index in [1.165, 1.54) is 4.88 Å². The van der Waals surface area contributed by atoms with Crippen molar-refractivity contribution in [2.75, 3.05) is 6.54 Å². The molecule has 4 aromatic rings. The summed E-state index contributed by atoms with van der Waals surface area (Å²) >= 11 is 3.36. The van der Waals surface area contributed by atoms with E-state index in [4.69, 9.17) is 4.52 Å². The zero-order valence-corrected chi connectivity index (χ0v) is 16.3. The predicted octanol–water partition coefficient (Wildman–Crippen LogP) is 4.81. The normalized spacial score (nSPS) is 10.9. The van der Waals surface area contributed by atoms with Gasteiger partial charge in [0.2, 0.25) is 0 Å². The van der Waals surface area contributed by atoms with Crippen molar-refractivity contribution in [2.45, 2.75) is 13.3 Å². The lowest BCUT2D eigenvalue weighted by Gasteiger charge is -2.00. The van der Waals surface area contributed by atoms with Gasteiger partial charge in [0, 0.05) is 28.4 Å². The number of nitrogens with one attached hydrogen (secondary N) is 1. The molecule has 0 aliphatic rings. The number of aryl methyl sites for hydroxylation is 1. The Morgan fingerprint density at radius 1 is 1.19 bits per heavy atom. The summed E-state index contributed by atoms with van der Waals surface area (Å²) in [6.45, 7) is 2.55. The van der Waals surface area contributed by atoms with Gasteiger partial charge in [-0.05, 0) is 25.5 Å². The maximum Gasteiger partial charge on any atom is 0.273 e. The van der Waals surface area contributed by atoms with Crippen LogP contribution >= 0.6 is 22.7 Å². The molecule has 0 unspecified atom stereocenters. The number of nitrogens with zero attached hydrogens (tertiary/aromatic N) is 2. The van der Waals surface area contributed by atoms with Gasteiger partial charge in [0.15, 0.2) is 11.5 Å². The largest absolute Gasteiger partial charge is 0.355 e. The number of amides is 1. The number of thiophene rings is 1. The van der Waals surface area contributed by atoms with Gasteiger partial charge in [0.25, 0.3) is 5.91 Å². The highest BCUT2D eigenvalue weighted by atomic mass is 32.1. The predicted molar refractivity (Wildman–Crippen MR) is 108 cm³/mol. The Hall–Kier alpha value is -2.77. The van der Waals surface area contributed by atoms with Crippen LogP contribution in [-0.2, 0) is 6.42 Å². The Morgan fingerprint density at radius 2 is 2.04 bits per heavy atom. The van der Waals surface area contributed by atoms with Gasteiger partial charge in [0.05, 0.1) is 15.6 Å². The minimum absolute atomic E-state index is 0.229. The van der Waals surface area contributed by atoms with Gasteiger partial charge in [-0.3, -0.25) is 4.79 Å². The van der Waals surface area contributed by atoms with Crippen LogP contribution in [0.4, 0.5) is 0 Å². The van der Waals surface area contributed by atoms with Crippen LogP contribution in [0, 0.1) is 6.92 Å². The molecule has 1 aromatic carbocycles. The quantitative estimate of drug-likeness (QED) is 0.509. The summed E-state index contributed by atoms with van der Waals surface area (Å²) in [5.41, 5.74) is 2.21. The van der Waals surface area contributed by atoms with Crippen LogP contribution in [0.1, 0.15) is 20.4 Å². The molecule has 0 aliphatic carbocycles. The van der Waals surface area contributed by atoms with Gasteiger partial charge in [-0.25, -0.2) is 4.98 Å². The smallest absolute Gasteiger partial charge is 0.273 e. The molecule has 7 heteroatoms. The number of thiazole rings is 1. The average Bonchev–Trinajstić information content (AvgIpc) is 3.43. The van der Waals surface area contributed by atoms with Crippen LogP contribution in [0.5, 0.6) is 0 Å². The van der Waals surface area contributed by atoms with Gasteiger partial charge in [-0.2, -0.15) is 0 Å². The van der Waals surface area contributed by atoms with Crippen molar-refractivity contribution in [3.8, 4) is 21.9 Å². The van der Waals surface area contributed by atoms with Crippen molar-refractivity contribution >= 4 is 28.6 Å². The molecule has 0 atom stereocenters. The fourth-order valence-corrected chi connectivity index (χ4v) is 4.29. The highest BCUT2D eigenvalue weighted by Crippen LogP contribution is 2.29. The van der Waals surface area contributed by atoms with Gasteiger partial charge < -0.3 is 9.84 Å². The molecular formula is C20H17N3O2S2. The number of hydrogen-bond acceptors (Lipinski definition) is 6.